The van der Waals surface area contributed by atoms with Crippen LogP contribution < -0.4 is 0 Å². The van der Waals surface area contributed by atoms with Crippen molar-refractivity contribution >= 4 is 0 Å². The number of aryl methyl sites for hydroxylation is 2. The van der Waals surface area contributed by atoms with Crippen molar-refractivity contribution < 1.29 is 0 Å². The highest BCUT2D eigenvalue weighted by atomic mass is 15.1. The van der Waals surface area contributed by atoms with Crippen LogP contribution in [0, 0.1) is 0 Å². The van der Waals surface area contributed by atoms with Crippen LogP contribution in [-0.2, 0) is 12.8 Å². The van der Waals surface area contributed by atoms with E-state index in [0.717, 1.165) is 12.8 Å². The molecule has 80 valence electrons. The number of aromatic nitrogens is 2. The van der Waals surface area contributed by atoms with Crippen LogP contribution in [-0.4, -0.2) is 10.2 Å². The van der Waals surface area contributed by atoms with Gasteiger partial charge in [-0.25, -0.2) is 0 Å². The lowest BCUT2D eigenvalue weighted by Gasteiger charge is -2.13. The van der Waals surface area contributed by atoms with Gasteiger partial charge in [-0.05, 0) is 35.1 Å². The van der Waals surface area contributed by atoms with Gasteiger partial charge in [-0.15, -0.1) is 0 Å². The van der Waals surface area contributed by atoms with Gasteiger partial charge in [0.15, 0.2) is 0 Å². The first-order valence-electron chi connectivity index (χ1n) is 5.73. The predicted molar refractivity (Wildman–Crippen MR) is 63.4 cm³/mol. The van der Waals surface area contributed by atoms with E-state index in [1.807, 2.05) is 12.4 Å². The first-order valence-corrected chi connectivity index (χ1v) is 5.73. The van der Waals surface area contributed by atoms with Crippen LogP contribution in [0.15, 0.2) is 36.7 Å². The fourth-order valence-corrected chi connectivity index (χ4v) is 2.58. The van der Waals surface area contributed by atoms with E-state index in [4.69, 9.17) is 0 Å². The summed E-state index contributed by atoms with van der Waals surface area (Å²) in [5, 5.41) is 8.00. The zero-order valence-corrected chi connectivity index (χ0v) is 9.35. The zero-order chi connectivity index (χ0) is 11.0. The molecular formula is C14H14N2. The smallest absolute Gasteiger partial charge is 0.0537 e. The Kier molecular flexibility index (Phi) is 2.21. The van der Waals surface area contributed by atoms with Gasteiger partial charge in [-0.1, -0.05) is 31.2 Å². The Labute approximate surface area is 95.4 Å². The van der Waals surface area contributed by atoms with E-state index >= 15 is 0 Å². The lowest BCUT2D eigenvalue weighted by molar-refractivity contribution is 0.868. The van der Waals surface area contributed by atoms with Crippen molar-refractivity contribution in [2.45, 2.75) is 25.7 Å². The Morgan fingerprint density at radius 2 is 1.69 bits per heavy atom. The molecule has 0 radical (unpaired) electrons. The topological polar surface area (TPSA) is 25.8 Å². The molecule has 1 atom stereocenters. The Morgan fingerprint density at radius 1 is 0.938 bits per heavy atom. The second-order valence-corrected chi connectivity index (χ2v) is 4.39. The summed E-state index contributed by atoms with van der Waals surface area (Å²) in [4.78, 5) is 0. The van der Waals surface area contributed by atoms with Crippen LogP contribution in [0.5, 0.6) is 0 Å². The van der Waals surface area contributed by atoms with E-state index in [2.05, 4.69) is 41.4 Å². The van der Waals surface area contributed by atoms with E-state index in [9.17, 15) is 0 Å². The SMILES string of the molecule is CC1c2ccccc2CCc2cnncc21. The van der Waals surface area contributed by atoms with E-state index in [1.54, 1.807) is 0 Å². The van der Waals surface area contributed by atoms with Crippen molar-refractivity contribution in [3.8, 4) is 0 Å². The quantitative estimate of drug-likeness (QED) is 0.668. The number of hydrogen-bond acceptors (Lipinski definition) is 2. The lowest BCUT2D eigenvalue weighted by Crippen LogP contribution is -2.00. The molecule has 2 heteroatoms. The van der Waals surface area contributed by atoms with Crippen LogP contribution in [0.2, 0.25) is 0 Å². The molecule has 0 fully saturated rings. The van der Waals surface area contributed by atoms with Crippen LogP contribution in [0.3, 0.4) is 0 Å². The molecule has 2 nitrogen and oxygen atoms in total. The summed E-state index contributed by atoms with van der Waals surface area (Å²) >= 11 is 0. The van der Waals surface area contributed by atoms with Gasteiger partial charge in [-0.2, -0.15) is 10.2 Å². The van der Waals surface area contributed by atoms with Crippen molar-refractivity contribution in [2.75, 3.05) is 0 Å². The van der Waals surface area contributed by atoms with Crippen LogP contribution in [0.4, 0.5) is 0 Å². The Morgan fingerprint density at radius 3 is 2.62 bits per heavy atom. The molecule has 0 saturated heterocycles. The molecule has 1 aromatic carbocycles. The van der Waals surface area contributed by atoms with E-state index in [0.29, 0.717) is 5.92 Å². The highest BCUT2D eigenvalue weighted by Gasteiger charge is 2.19. The molecule has 2 aromatic rings. The maximum atomic E-state index is 4.01. The molecule has 0 N–H and O–H groups in total. The third kappa shape index (κ3) is 1.42. The molecule has 1 aliphatic rings. The average molecular weight is 210 g/mol. The fraction of sp³-hybridized carbons (Fsp3) is 0.286. The Hall–Kier alpha value is -1.70. The third-order valence-corrected chi connectivity index (χ3v) is 3.50. The minimum atomic E-state index is 0.434. The first kappa shape index (κ1) is 9.52. The molecular weight excluding hydrogens is 196 g/mol. The molecule has 3 rings (SSSR count). The largest absolute Gasteiger partial charge is 0.159 e. The highest BCUT2D eigenvalue weighted by molar-refractivity contribution is 5.42. The highest BCUT2D eigenvalue weighted by Crippen LogP contribution is 2.32. The monoisotopic (exact) mass is 210 g/mol. The summed E-state index contributed by atoms with van der Waals surface area (Å²) in [6.45, 7) is 2.25. The molecule has 0 saturated carbocycles. The standard InChI is InChI=1S/C14H14N2/c1-10-13-5-3-2-4-11(13)6-7-12-8-15-16-9-14(10)12/h2-5,8-10H,6-7H2,1H3. The van der Waals surface area contributed by atoms with E-state index in [-0.39, 0.29) is 0 Å². The van der Waals surface area contributed by atoms with Crippen molar-refractivity contribution in [3.63, 3.8) is 0 Å². The second-order valence-electron chi connectivity index (χ2n) is 4.39. The number of rotatable bonds is 0. The molecule has 1 aliphatic carbocycles. The summed E-state index contributed by atoms with van der Waals surface area (Å²) in [7, 11) is 0. The van der Waals surface area contributed by atoms with E-state index < -0.39 is 0 Å². The molecule has 0 amide bonds. The molecule has 0 spiro atoms. The van der Waals surface area contributed by atoms with Crippen LogP contribution in [0.25, 0.3) is 0 Å². The lowest BCUT2D eigenvalue weighted by atomic mass is 9.91. The maximum Gasteiger partial charge on any atom is 0.0537 e. The molecule has 0 aliphatic heterocycles. The zero-order valence-electron chi connectivity index (χ0n) is 9.35. The molecule has 1 unspecified atom stereocenters. The molecule has 16 heavy (non-hydrogen) atoms. The van der Waals surface area contributed by atoms with Crippen LogP contribution in [0.1, 0.15) is 35.1 Å². The summed E-state index contributed by atoms with van der Waals surface area (Å²) in [6, 6.07) is 8.71. The molecule has 0 bridgehead atoms. The molecule has 1 heterocycles. The predicted octanol–water partition coefficient (Wildman–Crippen LogP) is 2.73. The first-order chi connectivity index (χ1) is 7.86. The normalized spacial score (nSPS) is 18.4. The van der Waals surface area contributed by atoms with Gasteiger partial charge in [0.05, 0.1) is 12.4 Å². The van der Waals surface area contributed by atoms with Gasteiger partial charge < -0.3 is 0 Å². The summed E-state index contributed by atoms with van der Waals surface area (Å²) in [5.41, 5.74) is 5.58. The van der Waals surface area contributed by atoms with Crippen molar-refractivity contribution in [1.29, 1.82) is 0 Å². The summed E-state index contributed by atoms with van der Waals surface area (Å²) < 4.78 is 0. The van der Waals surface area contributed by atoms with Gasteiger partial charge in [0.25, 0.3) is 0 Å². The Bertz CT molecular complexity index is 472. The van der Waals surface area contributed by atoms with Crippen LogP contribution >= 0.6 is 0 Å². The number of nitrogens with zero attached hydrogens (tertiary/aromatic N) is 2. The van der Waals surface area contributed by atoms with Crippen molar-refractivity contribution in [1.82, 2.24) is 10.2 Å². The second kappa shape index (κ2) is 3.71. The minimum Gasteiger partial charge on any atom is -0.159 e. The maximum absolute atomic E-state index is 4.01. The van der Waals surface area contributed by atoms with Gasteiger partial charge >= 0.3 is 0 Å². The summed E-state index contributed by atoms with van der Waals surface area (Å²) in [5.74, 6) is 0.434. The van der Waals surface area contributed by atoms with Gasteiger partial charge in [-0.3, -0.25) is 0 Å². The van der Waals surface area contributed by atoms with Crippen molar-refractivity contribution in [3.05, 3.63) is 58.9 Å². The van der Waals surface area contributed by atoms with Gasteiger partial charge in [0, 0.05) is 5.92 Å². The Balaban J connectivity index is 2.18. The fourth-order valence-electron chi connectivity index (χ4n) is 2.58. The number of hydrogen-bond donors (Lipinski definition) is 0. The minimum absolute atomic E-state index is 0.434. The number of fused-ring (bicyclic) bond motifs is 2. The molecule has 1 aromatic heterocycles. The summed E-state index contributed by atoms with van der Waals surface area (Å²) in [6.07, 6.45) is 6.02. The van der Waals surface area contributed by atoms with Gasteiger partial charge in [0.2, 0.25) is 0 Å². The van der Waals surface area contributed by atoms with E-state index in [1.165, 1.54) is 22.3 Å². The van der Waals surface area contributed by atoms with Crippen molar-refractivity contribution in [2.24, 2.45) is 0 Å². The van der Waals surface area contributed by atoms with Gasteiger partial charge in [0.1, 0.15) is 0 Å². The third-order valence-electron chi connectivity index (χ3n) is 3.50. The average Bonchev–Trinajstić information content (AvgIpc) is 2.49. The number of benzene rings is 1.